The monoisotopic (exact) mass is 226 g/mol. The first-order chi connectivity index (χ1) is 7.47. The lowest BCUT2D eigenvalue weighted by Gasteiger charge is -2.08. The Bertz CT molecular complexity index is 467. The molecule has 0 saturated heterocycles. The first kappa shape index (κ1) is 12.0. The molecule has 84 valence electrons. The molecule has 0 atom stereocenters. The average molecular weight is 226 g/mol. The molecule has 0 radical (unpaired) electrons. The predicted octanol–water partition coefficient (Wildman–Crippen LogP) is 1.83. The number of halogens is 2. The van der Waals surface area contributed by atoms with E-state index in [1.54, 1.807) is 6.07 Å². The summed E-state index contributed by atoms with van der Waals surface area (Å²) in [5.74, 6) is -1.12. The van der Waals surface area contributed by atoms with E-state index in [0.717, 1.165) is 6.20 Å². The number of nitriles is 1. The van der Waals surface area contributed by atoms with Gasteiger partial charge in [-0.2, -0.15) is 5.26 Å². The lowest BCUT2D eigenvalue weighted by molar-refractivity contribution is -0.136. The third-order valence-electron chi connectivity index (χ3n) is 2.12. The van der Waals surface area contributed by atoms with Crippen molar-refractivity contribution in [2.75, 3.05) is 0 Å². The van der Waals surface area contributed by atoms with Crippen molar-refractivity contribution in [3.05, 3.63) is 28.6 Å². The summed E-state index contributed by atoms with van der Waals surface area (Å²) in [5.41, 5.74) is -0.327. The number of pyridine rings is 1. The van der Waals surface area contributed by atoms with Crippen molar-refractivity contribution in [3.63, 3.8) is 0 Å². The molecule has 0 aromatic carbocycles. The number of rotatable bonds is 3. The van der Waals surface area contributed by atoms with Crippen LogP contribution < -0.4 is 0 Å². The molecule has 0 unspecified atom stereocenters. The molecule has 1 aromatic rings. The van der Waals surface area contributed by atoms with Gasteiger partial charge in [0.2, 0.25) is 0 Å². The fourth-order valence-corrected chi connectivity index (χ4v) is 1.30. The molecule has 4 nitrogen and oxygen atoms in total. The Morgan fingerprint density at radius 1 is 1.69 bits per heavy atom. The van der Waals surface area contributed by atoms with Gasteiger partial charge in [0.15, 0.2) is 0 Å². The van der Waals surface area contributed by atoms with Crippen LogP contribution in [-0.2, 0) is 11.2 Å². The summed E-state index contributed by atoms with van der Waals surface area (Å²) in [6.07, 6.45) is -2.32. The van der Waals surface area contributed by atoms with E-state index in [0.29, 0.717) is 0 Å². The summed E-state index contributed by atoms with van der Waals surface area (Å²) < 4.78 is 25.0. The second-order valence-corrected chi connectivity index (χ2v) is 3.14. The van der Waals surface area contributed by atoms with Crippen LogP contribution in [0.4, 0.5) is 8.78 Å². The third kappa shape index (κ3) is 2.31. The maximum atomic E-state index is 12.5. The fourth-order valence-electron chi connectivity index (χ4n) is 1.30. The minimum absolute atomic E-state index is 0.133. The molecule has 16 heavy (non-hydrogen) atoms. The van der Waals surface area contributed by atoms with E-state index in [2.05, 4.69) is 4.98 Å². The molecule has 0 aliphatic heterocycles. The van der Waals surface area contributed by atoms with Crippen LogP contribution >= 0.6 is 0 Å². The van der Waals surface area contributed by atoms with E-state index in [4.69, 9.17) is 10.4 Å². The molecular formula is C10H8F2N2O2. The zero-order valence-electron chi connectivity index (χ0n) is 8.37. The Morgan fingerprint density at radius 2 is 2.31 bits per heavy atom. The minimum Gasteiger partial charge on any atom is -0.481 e. The molecule has 0 bridgehead atoms. The first-order valence-corrected chi connectivity index (χ1v) is 4.35. The van der Waals surface area contributed by atoms with Crippen LogP contribution in [0, 0.1) is 18.3 Å². The molecule has 6 heteroatoms. The highest BCUT2D eigenvalue weighted by Gasteiger charge is 2.18. The van der Waals surface area contributed by atoms with E-state index in [1.165, 1.54) is 6.92 Å². The van der Waals surface area contributed by atoms with Gasteiger partial charge in [-0.1, -0.05) is 0 Å². The van der Waals surface area contributed by atoms with Gasteiger partial charge in [-0.25, -0.2) is 8.78 Å². The van der Waals surface area contributed by atoms with Crippen LogP contribution in [0.15, 0.2) is 6.20 Å². The summed E-state index contributed by atoms with van der Waals surface area (Å²) in [5, 5.41) is 17.3. The quantitative estimate of drug-likeness (QED) is 0.853. The first-order valence-electron chi connectivity index (χ1n) is 4.35. The van der Waals surface area contributed by atoms with E-state index >= 15 is 0 Å². The maximum Gasteiger partial charge on any atom is 0.309 e. The molecule has 1 heterocycles. The molecule has 0 aliphatic carbocycles. The number of nitrogens with zero attached hydrogens (tertiary/aromatic N) is 2. The molecule has 1 rings (SSSR count). The molecule has 0 spiro atoms. The zero-order valence-corrected chi connectivity index (χ0v) is 8.37. The van der Waals surface area contributed by atoms with Gasteiger partial charge in [0.05, 0.1) is 23.2 Å². The van der Waals surface area contributed by atoms with Crippen molar-refractivity contribution < 1.29 is 18.7 Å². The standard InChI is InChI=1S/C10H8F2N2O2/c1-5-6(3-13)7(10(11)12)4-14-8(5)2-9(15)16/h4,10H,2H2,1H3,(H,15,16). The van der Waals surface area contributed by atoms with Crippen LogP contribution in [0.2, 0.25) is 0 Å². The lowest BCUT2D eigenvalue weighted by Crippen LogP contribution is -2.07. The Morgan fingerprint density at radius 3 is 2.75 bits per heavy atom. The number of aliphatic carboxylic acids is 1. The van der Waals surface area contributed by atoms with Crippen LogP contribution in [0.25, 0.3) is 0 Å². The largest absolute Gasteiger partial charge is 0.481 e. The number of carbonyl (C=O) groups is 1. The van der Waals surface area contributed by atoms with Crippen molar-refractivity contribution in [2.24, 2.45) is 0 Å². The van der Waals surface area contributed by atoms with Gasteiger partial charge >= 0.3 is 5.97 Å². The molecule has 0 amide bonds. The smallest absolute Gasteiger partial charge is 0.309 e. The van der Waals surface area contributed by atoms with Gasteiger partial charge in [-0.05, 0) is 12.5 Å². The topological polar surface area (TPSA) is 74.0 Å². The number of carboxylic acid groups (broad SMARTS) is 1. The predicted molar refractivity (Wildman–Crippen MR) is 50.0 cm³/mol. The Labute approximate surface area is 90.2 Å². The number of alkyl halides is 2. The van der Waals surface area contributed by atoms with Crippen molar-refractivity contribution in [1.82, 2.24) is 4.98 Å². The average Bonchev–Trinajstić information content (AvgIpc) is 2.19. The van der Waals surface area contributed by atoms with Crippen molar-refractivity contribution in [2.45, 2.75) is 19.8 Å². The second kappa shape index (κ2) is 4.66. The Kier molecular flexibility index (Phi) is 3.51. The van der Waals surface area contributed by atoms with E-state index in [-0.39, 0.29) is 23.2 Å². The van der Waals surface area contributed by atoms with Crippen molar-refractivity contribution >= 4 is 5.97 Å². The third-order valence-corrected chi connectivity index (χ3v) is 2.12. The normalized spacial score (nSPS) is 10.2. The summed E-state index contributed by atoms with van der Waals surface area (Å²) in [7, 11) is 0. The van der Waals surface area contributed by atoms with E-state index in [1.807, 2.05) is 0 Å². The van der Waals surface area contributed by atoms with E-state index < -0.39 is 18.0 Å². The van der Waals surface area contributed by atoms with E-state index in [9.17, 15) is 13.6 Å². The van der Waals surface area contributed by atoms with Gasteiger partial charge in [-0.15, -0.1) is 0 Å². The molecule has 1 aromatic heterocycles. The number of hydrogen-bond acceptors (Lipinski definition) is 3. The molecule has 0 aliphatic rings. The van der Waals surface area contributed by atoms with Crippen molar-refractivity contribution in [1.29, 1.82) is 5.26 Å². The van der Waals surface area contributed by atoms with Gasteiger partial charge in [0, 0.05) is 6.20 Å². The Hall–Kier alpha value is -2.03. The zero-order chi connectivity index (χ0) is 12.3. The summed E-state index contributed by atoms with van der Waals surface area (Å²) in [4.78, 5) is 14.1. The fraction of sp³-hybridized carbons (Fsp3) is 0.300. The SMILES string of the molecule is Cc1c(CC(=O)O)ncc(C(F)F)c1C#N. The molecule has 0 fully saturated rings. The maximum absolute atomic E-state index is 12.5. The van der Waals surface area contributed by atoms with Crippen LogP contribution in [0.1, 0.15) is 28.8 Å². The molecule has 1 N–H and O–H groups in total. The van der Waals surface area contributed by atoms with Gasteiger partial charge < -0.3 is 5.11 Å². The number of carboxylic acids is 1. The van der Waals surface area contributed by atoms with Gasteiger partial charge in [0.25, 0.3) is 6.43 Å². The molecular weight excluding hydrogens is 218 g/mol. The highest BCUT2D eigenvalue weighted by atomic mass is 19.3. The van der Waals surface area contributed by atoms with Crippen LogP contribution in [0.3, 0.4) is 0 Å². The van der Waals surface area contributed by atoms with Crippen molar-refractivity contribution in [3.8, 4) is 6.07 Å². The summed E-state index contributed by atoms with van der Waals surface area (Å²) in [6.45, 7) is 1.41. The highest BCUT2D eigenvalue weighted by molar-refractivity contribution is 5.70. The Balaban J connectivity index is 3.30. The van der Waals surface area contributed by atoms with Gasteiger partial charge in [0.1, 0.15) is 6.07 Å². The number of hydrogen-bond donors (Lipinski definition) is 1. The lowest BCUT2D eigenvalue weighted by atomic mass is 10.0. The van der Waals surface area contributed by atoms with Crippen LogP contribution in [0.5, 0.6) is 0 Å². The van der Waals surface area contributed by atoms with Crippen LogP contribution in [-0.4, -0.2) is 16.1 Å². The highest BCUT2D eigenvalue weighted by Crippen LogP contribution is 2.25. The minimum atomic E-state index is -2.79. The second-order valence-electron chi connectivity index (χ2n) is 3.14. The molecule has 0 saturated carbocycles. The number of aromatic nitrogens is 1. The van der Waals surface area contributed by atoms with Gasteiger partial charge in [-0.3, -0.25) is 9.78 Å². The summed E-state index contributed by atoms with van der Waals surface area (Å²) in [6, 6.07) is 1.65. The summed E-state index contributed by atoms with van der Waals surface area (Å²) >= 11 is 0.